The van der Waals surface area contributed by atoms with Crippen molar-refractivity contribution in [2.45, 2.75) is 18.8 Å². The number of hydrogen-bond donors (Lipinski definition) is 0. The highest BCUT2D eigenvalue weighted by Crippen LogP contribution is 2.26. The van der Waals surface area contributed by atoms with Crippen molar-refractivity contribution in [3.8, 4) is 0 Å². The number of rotatable bonds is 4. The molecule has 0 spiro atoms. The van der Waals surface area contributed by atoms with Crippen molar-refractivity contribution in [1.82, 2.24) is 4.98 Å². The van der Waals surface area contributed by atoms with Gasteiger partial charge in [0.1, 0.15) is 11.6 Å². The van der Waals surface area contributed by atoms with E-state index in [-0.39, 0.29) is 11.9 Å². The number of nitrogens with zero attached hydrogens (tertiary/aromatic N) is 2. The Morgan fingerprint density at radius 2 is 2.05 bits per heavy atom. The Morgan fingerprint density at radius 1 is 1.32 bits per heavy atom. The molecule has 0 radical (unpaired) electrons. The van der Waals surface area contributed by atoms with Crippen molar-refractivity contribution in [1.29, 1.82) is 0 Å². The van der Waals surface area contributed by atoms with Gasteiger partial charge in [-0.1, -0.05) is 18.2 Å². The van der Waals surface area contributed by atoms with E-state index in [1.165, 1.54) is 6.07 Å². The fourth-order valence-corrected chi connectivity index (χ4v) is 2.12. The van der Waals surface area contributed by atoms with Crippen LogP contribution in [0.1, 0.15) is 24.1 Å². The summed E-state index contributed by atoms with van der Waals surface area (Å²) >= 11 is 5.82. The minimum atomic E-state index is -0.199. The van der Waals surface area contributed by atoms with Gasteiger partial charge in [0.15, 0.2) is 0 Å². The molecule has 19 heavy (non-hydrogen) atoms. The maximum absolute atomic E-state index is 13.8. The summed E-state index contributed by atoms with van der Waals surface area (Å²) in [5.74, 6) is 1.03. The summed E-state index contributed by atoms with van der Waals surface area (Å²) in [6.45, 7) is 1.95. The Labute approximate surface area is 117 Å². The Bertz CT molecular complexity index is 559. The van der Waals surface area contributed by atoms with Gasteiger partial charge in [-0.2, -0.15) is 0 Å². The Balaban J connectivity index is 2.28. The van der Waals surface area contributed by atoms with Gasteiger partial charge in [-0.15, -0.1) is 11.6 Å². The SMILES string of the molecule is CC(c1ccccc1F)N(C)c1cc(CCl)ccn1. The molecule has 1 heterocycles. The van der Waals surface area contributed by atoms with Gasteiger partial charge in [-0.05, 0) is 30.7 Å². The molecule has 0 amide bonds. The van der Waals surface area contributed by atoms with E-state index in [1.54, 1.807) is 18.3 Å². The topological polar surface area (TPSA) is 16.1 Å². The lowest BCUT2D eigenvalue weighted by molar-refractivity contribution is 0.584. The van der Waals surface area contributed by atoms with Gasteiger partial charge in [-0.25, -0.2) is 9.37 Å². The molecule has 100 valence electrons. The molecule has 4 heteroatoms. The minimum absolute atomic E-state index is 0.0979. The number of alkyl halides is 1. The van der Waals surface area contributed by atoms with E-state index in [9.17, 15) is 4.39 Å². The minimum Gasteiger partial charge on any atom is -0.353 e. The van der Waals surface area contributed by atoms with Crippen molar-refractivity contribution >= 4 is 17.4 Å². The first-order valence-electron chi connectivity index (χ1n) is 6.11. The standard InChI is InChI=1S/C15H16ClFN2/c1-11(13-5-3-4-6-14(13)17)19(2)15-9-12(10-16)7-8-18-15/h3-9,11H,10H2,1-2H3. The summed E-state index contributed by atoms with van der Waals surface area (Å²) in [6.07, 6.45) is 1.72. The zero-order chi connectivity index (χ0) is 13.8. The third-order valence-corrected chi connectivity index (χ3v) is 3.57. The van der Waals surface area contributed by atoms with Crippen LogP contribution in [0.5, 0.6) is 0 Å². The highest BCUT2D eigenvalue weighted by Gasteiger charge is 2.16. The first-order valence-corrected chi connectivity index (χ1v) is 6.65. The molecule has 2 nitrogen and oxygen atoms in total. The lowest BCUT2D eigenvalue weighted by Crippen LogP contribution is -2.23. The molecule has 1 aromatic carbocycles. The average molecular weight is 279 g/mol. The fourth-order valence-electron chi connectivity index (χ4n) is 1.96. The smallest absolute Gasteiger partial charge is 0.129 e. The molecule has 2 aromatic rings. The summed E-state index contributed by atoms with van der Waals surface area (Å²) in [5.41, 5.74) is 1.65. The average Bonchev–Trinajstić information content (AvgIpc) is 2.46. The first-order chi connectivity index (χ1) is 9.13. The molecule has 0 fully saturated rings. The molecule has 2 rings (SSSR count). The Hall–Kier alpha value is -1.61. The normalized spacial score (nSPS) is 12.2. The second kappa shape index (κ2) is 6.02. The highest BCUT2D eigenvalue weighted by molar-refractivity contribution is 6.17. The summed E-state index contributed by atoms with van der Waals surface area (Å²) < 4.78 is 13.8. The van der Waals surface area contributed by atoms with E-state index in [0.29, 0.717) is 11.4 Å². The lowest BCUT2D eigenvalue weighted by atomic mass is 10.1. The van der Waals surface area contributed by atoms with Gasteiger partial charge >= 0.3 is 0 Å². The van der Waals surface area contributed by atoms with Crippen LogP contribution in [0.15, 0.2) is 42.6 Å². The van der Waals surface area contributed by atoms with Gasteiger partial charge in [-0.3, -0.25) is 0 Å². The van der Waals surface area contributed by atoms with Crippen molar-refractivity contribution in [2.75, 3.05) is 11.9 Å². The molecule has 1 aromatic heterocycles. The molecule has 1 unspecified atom stereocenters. The van der Waals surface area contributed by atoms with E-state index in [4.69, 9.17) is 11.6 Å². The van der Waals surface area contributed by atoms with Crippen molar-refractivity contribution < 1.29 is 4.39 Å². The zero-order valence-corrected chi connectivity index (χ0v) is 11.7. The van der Waals surface area contributed by atoms with Crippen LogP contribution < -0.4 is 4.90 Å². The second-order valence-electron chi connectivity index (χ2n) is 4.46. The first kappa shape index (κ1) is 13.8. The van der Waals surface area contributed by atoms with Crippen LogP contribution in [0, 0.1) is 5.82 Å². The molecule has 0 saturated heterocycles. The largest absolute Gasteiger partial charge is 0.353 e. The number of aromatic nitrogens is 1. The number of halogens is 2. The lowest BCUT2D eigenvalue weighted by Gasteiger charge is -2.26. The van der Waals surface area contributed by atoms with E-state index in [0.717, 1.165) is 11.4 Å². The summed E-state index contributed by atoms with van der Waals surface area (Å²) in [5, 5.41) is 0. The summed E-state index contributed by atoms with van der Waals surface area (Å²) in [7, 11) is 1.90. The number of pyridine rings is 1. The van der Waals surface area contributed by atoms with Crippen LogP contribution in [0.2, 0.25) is 0 Å². The quantitative estimate of drug-likeness (QED) is 0.781. The highest BCUT2D eigenvalue weighted by atomic mass is 35.5. The zero-order valence-electron chi connectivity index (χ0n) is 11.0. The molecular weight excluding hydrogens is 263 g/mol. The van der Waals surface area contributed by atoms with Gasteiger partial charge in [0.05, 0.1) is 6.04 Å². The number of hydrogen-bond acceptors (Lipinski definition) is 2. The van der Waals surface area contributed by atoms with Crippen LogP contribution in [-0.4, -0.2) is 12.0 Å². The van der Waals surface area contributed by atoms with Crippen LogP contribution in [0.25, 0.3) is 0 Å². The number of anilines is 1. The molecule has 0 aliphatic carbocycles. The molecule has 0 saturated carbocycles. The fraction of sp³-hybridized carbons (Fsp3) is 0.267. The second-order valence-corrected chi connectivity index (χ2v) is 4.73. The van der Waals surface area contributed by atoms with Crippen LogP contribution in [0.3, 0.4) is 0 Å². The molecular formula is C15H16ClFN2. The predicted molar refractivity (Wildman–Crippen MR) is 77.0 cm³/mol. The van der Waals surface area contributed by atoms with Gasteiger partial charge in [0, 0.05) is 24.7 Å². The molecule has 0 bridgehead atoms. The van der Waals surface area contributed by atoms with E-state index in [1.807, 2.05) is 37.1 Å². The Kier molecular flexibility index (Phi) is 4.38. The van der Waals surface area contributed by atoms with Crippen LogP contribution >= 0.6 is 11.6 Å². The van der Waals surface area contributed by atoms with Crippen LogP contribution in [0.4, 0.5) is 10.2 Å². The molecule has 1 atom stereocenters. The molecule has 0 aliphatic heterocycles. The maximum atomic E-state index is 13.8. The third kappa shape index (κ3) is 3.04. The maximum Gasteiger partial charge on any atom is 0.129 e. The molecule has 0 N–H and O–H groups in total. The Morgan fingerprint density at radius 3 is 2.74 bits per heavy atom. The predicted octanol–water partition coefficient (Wildman–Crippen LogP) is 4.16. The van der Waals surface area contributed by atoms with Gasteiger partial charge < -0.3 is 4.90 Å². The van der Waals surface area contributed by atoms with Crippen molar-refractivity contribution in [3.63, 3.8) is 0 Å². The van der Waals surface area contributed by atoms with Crippen molar-refractivity contribution in [3.05, 3.63) is 59.5 Å². The van der Waals surface area contributed by atoms with Crippen molar-refractivity contribution in [2.24, 2.45) is 0 Å². The molecule has 0 aliphatic rings. The van der Waals surface area contributed by atoms with E-state index >= 15 is 0 Å². The van der Waals surface area contributed by atoms with E-state index < -0.39 is 0 Å². The van der Waals surface area contributed by atoms with Gasteiger partial charge in [0.25, 0.3) is 0 Å². The number of benzene rings is 1. The summed E-state index contributed by atoms with van der Waals surface area (Å²) in [4.78, 5) is 6.25. The van der Waals surface area contributed by atoms with E-state index in [2.05, 4.69) is 4.98 Å². The monoisotopic (exact) mass is 278 g/mol. The summed E-state index contributed by atoms with van der Waals surface area (Å²) in [6, 6.07) is 10.5. The van der Waals surface area contributed by atoms with Gasteiger partial charge in [0.2, 0.25) is 0 Å². The third-order valence-electron chi connectivity index (χ3n) is 3.26. The van der Waals surface area contributed by atoms with Crippen LogP contribution in [-0.2, 0) is 5.88 Å².